The Hall–Kier alpha value is -6.96. The Balaban J connectivity index is 1.32. The third-order valence-electron chi connectivity index (χ3n) is 9.51. The number of fused-ring (bicyclic) bond motifs is 7. The molecule has 0 N–H and O–H groups in total. The van der Waals surface area contributed by atoms with Gasteiger partial charge >= 0.3 is 0 Å². The van der Waals surface area contributed by atoms with Gasteiger partial charge in [-0.25, -0.2) is 0 Å². The van der Waals surface area contributed by atoms with Gasteiger partial charge in [0.15, 0.2) is 0 Å². The molecule has 1 nitrogen and oxygen atoms in total. The van der Waals surface area contributed by atoms with E-state index in [9.17, 15) is 12.3 Å². The molecule has 0 spiro atoms. The predicted molar refractivity (Wildman–Crippen MR) is 225 cm³/mol. The SMILES string of the molecule is [2H]c1cc2c(-c3c([2H])c([2H])c([2H])c4c([2H])c([2H])c(-c5ccc6oc7cc(-c8ccccc8)ccc7c6c5)c([2H])c34)c3c([2H])c([2H])c([2H])c([2H])c3c(-c3c([2H])c([2H])c4c([2H])c([2H])c([2H])c([2H])c4c3[2H])c2c([2H])c1[2H]. The minimum absolute atomic E-state index is 0.156. The normalized spacial score (nSPS) is 17.1. The highest BCUT2D eigenvalue weighted by Gasteiger charge is 2.19. The van der Waals surface area contributed by atoms with Crippen molar-refractivity contribution >= 4 is 65.0 Å². The fourth-order valence-corrected chi connectivity index (χ4v) is 7.08. The summed E-state index contributed by atoms with van der Waals surface area (Å²) >= 11 is 0. The molecular formula is C52H32O. The second-order valence-electron chi connectivity index (χ2n) is 12.5. The lowest BCUT2D eigenvalue weighted by atomic mass is 9.84. The molecule has 0 fully saturated rings. The van der Waals surface area contributed by atoms with Crippen molar-refractivity contribution in [3.8, 4) is 44.5 Å². The van der Waals surface area contributed by atoms with Crippen molar-refractivity contribution in [3.63, 3.8) is 0 Å². The Morgan fingerprint density at radius 1 is 0.340 bits per heavy atom. The van der Waals surface area contributed by atoms with Crippen molar-refractivity contribution in [2.75, 3.05) is 0 Å². The zero-order valence-corrected chi connectivity index (χ0v) is 27.3. The molecule has 0 radical (unpaired) electrons. The van der Waals surface area contributed by atoms with Gasteiger partial charge in [-0.3, -0.25) is 0 Å². The first kappa shape index (κ1) is 16.2. The molecule has 1 aromatic heterocycles. The molecule has 1 heteroatoms. The zero-order valence-electron chi connectivity index (χ0n) is 47.3. The highest BCUT2D eigenvalue weighted by Crippen LogP contribution is 2.46. The van der Waals surface area contributed by atoms with E-state index in [1.165, 1.54) is 0 Å². The molecule has 11 aromatic rings. The fraction of sp³-hybridized carbons (Fsp3) is 0. The van der Waals surface area contributed by atoms with Gasteiger partial charge in [0.2, 0.25) is 0 Å². The third kappa shape index (κ3) is 4.79. The second kappa shape index (κ2) is 11.8. The van der Waals surface area contributed by atoms with E-state index in [2.05, 4.69) is 0 Å². The van der Waals surface area contributed by atoms with E-state index in [-0.39, 0.29) is 21.9 Å². The highest BCUT2D eigenvalue weighted by molar-refractivity contribution is 6.24. The predicted octanol–water partition coefficient (Wildman–Crippen LogP) is 14.9. The lowest BCUT2D eigenvalue weighted by Gasteiger charge is -2.19. The Morgan fingerprint density at radius 3 is 1.92 bits per heavy atom. The molecule has 246 valence electrons. The molecule has 0 aliphatic rings. The molecule has 11 rings (SSSR count). The lowest BCUT2D eigenvalue weighted by molar-refractivity contribution is 0.669. The van der Waals surface area contributed by atoms with E-state index in [1.54, 1.807) is 18.2 Å². The first-order valence-corrected chi connectivity index (χ1v) is 16.6. The van der Waals surface area contributed by atoms with Crippen LogP contribution in [0.2, 0.25) is 0 Å². The number of benzene rings is 10. The van der Waals surface area contributed by atoms with E-state index >= 15 is 0 Å². The smallest absolute Gasteiger partial charge is 0.136 e. The van der Waals surface area contributed by atoms with Crippen LogP contribution in [0.4, 0.5) is 0 Å². The van der Waals surface area contributed by atoms with E-state index in [0.717, 1.165) is 17.2 Å². The number of hydrogen-bond donors (Lipinski definition) is 0. The molecule has 53 heavy (non-hydrogen) atoms. The Bertz CT molecular complexity index is 4370. The van der Waals surface area contributed by atoms with Crippen LogP contribution in [0.15, 0.2) is 198 Å². The number of hydrogen-bond acceptors (Lipinski definition) is 1. The lowest BCUT2D eigenvalue weighted by Crippen LogP contribution is -1.92. The zero-order chi connectivity index (χ0) is 52.3. The molecule has 10 aromatic carbocycles. The van der Waals surface area contributed by atoms with Gasteiger partial charge in [0.1, 0.15) is 11.2 Å². The van der Waals surface area contributed by atoms with Crippen LogP contribution in [0, 0.1) is 0 Å². The summed E-state index contributed by atoms with van der Waals surface area (Å²) in [6.45, 7) is 0. The summed E-state index contributed by atoms with van der Waals surface area (Å²) in [5.41, 5.74) is 0.947. The van der Waals surface area contributed by atoms with Crippen LogP contribution in [0.3, 0.4) is 0 Å². The Labute approximate surface area is 335 Å². The van der Waals surface area contributed by atoms with Gasteiger partial charge in [0, 0.05) is 10.8 Å². The number of furan rings is 1. The second-order valence-corrected chi connectivity index (χ2v) is 12.5. The summed E-state index contributed by atoms with van der Waals surface area (Å²) < 4.78 is 189. The molecule has 0 unspecified atom stereocenters. The minimum Gasteiger partial charge on any atom is -0.456 e. The fourth-order valence-electron chi connectivity index (χ4n) is 7.08. The van der Waals surface area contributed by atoms with E-state index < -0.39 is 175 Å². The van der Waals surface area contributed by atoms with E-state index in [1.807, 2.05) is 48.5 Å². The van der Waals surface area contributed by atoms with Crippen molar-refractivity contribution in [1.29, 1.82) is 0 Å². The maximum Gasteiger partial charge on any atom is 0.136 e. The molecule has 0 atom stereocenters. The van der Waals surface area contributed by atoms with Crippen LogP contribution in [-0.4, -0.2) is 0 Å². The topological polar surface area (TPSA) is 13.1 Å². The van der Waals surface area contributed by atoms with Gasteiger partial charge in [-0.2, -0.15) is 0 Å². The van der Waals surface area contributed by atoms with Gasteiger partial charge in [-0.05, 0) is 124 Å². The maximum absolute atomic E-state index is 9.99. The van der Waals surface area contributed by atoms with Crippen LogP contribution in [-0.2, 0) is 0 Å². The van der Waals surface area contributed by atoms with Crippen molar-refractivity contribution in [2.24, 2.45) is 0 Å². The van der Waals surface area contributed by atoms with Gasteiger partial charge in [-0.1, -0.05) is 157 Å². The summed E-state index contributed by atoms with van der Waals surface area (Å²) in [5, 5.41) is -2.37. The Morgan fingerprint density at radius 2 is 1.04 bits per heavy atom. The molecule has 0 aliphatic heterocycles. The van der Waals surface area contributed by atoms with Crippen molar-refractivity contribution in [2.45, 2.75) is 0 Å². The third-order valence-corrected chi connectivity index (χ3v) is 9.51. The molecule has 0 amide bonds. The average Bonchev–Trinajstić information content (AvgIpc) is 3.75. The largest absolute Gasteiger partial charge is 0.456 e. The molecule has 0 bridgehead atoms. The summed E-state index contributed by atoms with van der Waals surface area (Å²) in [4.78, 5) is 0. The van der Waals surface area contributed by atoms with Crippen molar-refractivity contribution < 1.29 is 31.8 Å². The van der Waals surface area contributed by atoms with Crippen LogP contribution in [0.5, 0.6) is 0 Å². The highest BCUT2D eigenvalue weighted by atomic mass is 16.3. The summed E-state index contributed by atoms with van der Waals surface area (Å²) in [5.74, 6) is 0. The summed E-state index contributed by atoms with van der Waals surface area (Å²) in [6, 6.07) is 6.35. The number of rotatable bonds is 4. The van der Waals surface area contributed by atoms with Gasteiger partial charge in [0.05, 0.1) is 27.4 Å². The van der Waals surface area contributed by atoms with Gasteiger partial charge in [0.25, 0.3) is 0 Å². The van der Waals surface area contributed by atoms with Crippen LogP contribution in [0.25, 0.3) is 110 Å². The summed E-state index contributed by atoms with van der Waals surface area (Å²) in [6.07, 6.45) is 0. The quantitative estimate of drug-likeness (QED) is 0.167. The molecular weight excluding hydrogens is 641 g/mol. The summed E-state index contributed by atoms with van der Waals surface area (Å²) in [7, 11) is 0. The first-order valence-electron chi connectivity index (χ1n) is 26.6. The van der Waals surface area contributed by atoms with Crippen molar-refractivity contribution in [1.82, 2.24) is 0 Å². The molecule has 1 heterocycles. The van der Waals surface area contributed by atoms with Crippen molar-refractivity contribution in [3.05, 3.63) is 194 Å². The first-order chi connectivity index (χ1) is 34.6. The van der Waals surface area contributed by atoms with Crippen LogP contribution in [0.1, 0.15) is 27.4 Å². The van der Waals surface area contributed by atoms with E-state index in [0.29, 0.717) is 21.9 Å². The monoisotopic (exact) mass is 692 g/mol. The van der Waals surface area contributed by atoms with Crippen LogP contribution < -0.4 is 0 Å². The molecule has 0 saturated carbocycles. The maximum atomic E-state index is 9.99. The molecule has 0 aliphatic carbocycles. The molecule has 0 saturated heterocycles. The van der Waals surface area contributed by atoms with Crippen LogP contribution >= 0.6 is 0 Å². The van der Waals surface area contributed by atoms with Gasteiger partial charge < -0.3 is 4.42 Å². The van der Waals surface area contributed by atoms with E-state index in [4.69, 9.17) is 19.5 Å². The van der Waals surface area contributed by atoms with Gasteiger partial charge in [-0.15, -0.1) is 0 Å². The Kier molecular flexibility index (Phi) is 3.60. The average molecular weight is 693 g/mol. The minimum atomic E-state index is -0.862. The standard InChI is InChI=1S/C52H32O/c1-2-11-33(12-3-1)39-25-27-41-48-31-38(26-28-49(48)53-50(41)32-39)37-23-22-35-15-10-20-46(47(35)30-37)52-44-18-8-6-16-42(44)51(43-17-7-9-19-45(43)52)40-24-21-34-13-4-5-14-36(34)29-40/h1-32H/i4D,5D,6D,7D,8D,9D,10D,13D,14D,15D,16D,17D,18D,20D,21D,22D,23D,24D,29D,30D.